The van der Waals surface area contributed by atoms with Crippen molar-refractivity contribution < 1.29 is 19.7 Å². The summed E-state index contributed by atoms with van der Waals surface area (Å²) in [5, 5.41) is 36.5. The number of aromatic hydroxyl groups is 1. The lowest BCUT2D eigenvalue weighted by molar-refractivity contribution is -0.394. The summed E-state index contributed by atoms with van der Waals surface area (Å²) in [7, 11) is 0. The molecule has 1 aromatic carbocycles. The maximum Gasteiger partial charge on any atom is 0.318 e. The molecular formula is C12H8N4O6S. The first kappa shape index (κ1) is 16.0. The van der Waals surface area contributed by atoms with E-state index in [1.54, 1.807) is 17.5 Å². The van der Waals surface area contributed by atoms with Crippen molar-refractivity contribution in [1.29, 1.82) is 0 Å². The summed E-state index contributed by atoms with van der Waals surface area (Å²) in [4.78, 5) is 31.8. The number of nitrogens with zero attached hydrogens (tertiary/aromatic N) is 3. The van der Waals surface area contributed by atoms with E-state index in [1.165, 1.54) is 11.3 Å². The summed E-state index contributed by atoms with van der Waals surface area (Å²) >= 11 is 1.18. The summed E-state index contributed by atoms with van der Waals surface area (Å²) in [6.45, 7) is 0. The van der Waals surface area contributed by atoms with Crippen LogP contribution in [0.5, 0.6) is 5.75 Å². The van der Waals surface area contributed by atoms with Crippen LogP contribution in [0.3, 0.4) is 0 Å². The Bertz CT molecular complexity index is 802. The zero-order chi connectivity index (χ0) is 17.0. The van der Waals surface area contributed by atoms with Crippen molar-refractivity contribution in [2.45, 2.75) is 0 Å². The number of amides is 1. The van der Waals surface area contributed by atoms with Gasteiger partial charge in [0.25, 0.3) is 11.6 Å². The number of non-ortho nitro benzene ring substituents is 1. The molecule has 118 valence electrons. The third-order valence-corrected chi connectivity index (χ3v) is 3.49. The average Bonchev–Trinajstić information content (AvgIpc) is 3.02. The fourth-order valence-corrected chi connectivity index (χ4v) is 2.21. The summed E-state index contributed by atoms with van der Waals surface area (Å²) in [5.41, 5.74) is 0.471. The number of hydrazone groups is 1. The summed E-state index contributed by atoms with van der Waals surface area (Å²) in [5.74, 6) is -1.30. The van der Waals surface area contributed by atoms with Crippen LogP contribution in [-0.4, -0.2) is 27.1 Å². The Morgan fingerprint density at radius 3 is 2.61 bits per heavy atom. The predicted octanol–water partition coefficient (Wildman–Crippen LogP) is 2.03. The number of thiophene rings is 1. The molecule has 0 aliphatic heterocycles. The number of carbonyl (C=O) groups is 1. The first-order valence-corrected chi connectivity index (χ1v) is 6.81. The van der Waals surface area contributed by atoms with Crippen molar-refractivity contribution in [2.75, 3.05) is 0 Å². The Labute approximate surface area is 132 Å². The van der Waals surface area contributed by atoms with Crippen LogP contribution in [0, 0.1) is 20.2 Å². The van der Waals surface area contributed by atoms with Crippen LogP contribution in [0.2, 0.25) is 0 Å². The molecule has 2 aromatic rings. The zero-order valence-electron chi connectivity index (χ0n) is 11.2. The van der Waals surface area contributed by atoms with E-state index >= 15 is 0 Å². The van der Waals surface area contributed by atoms with Gasteiger partial charge in [0.1, 0.15) is 0 Å². The number of rotatable bonds is 5. The molecule has 0 saturated carbocycles. The fraction of sp³-hybridized carbons (Fsp3) is 0. The number of benzene rings is 1. The smallest absolute Gasteiger partial charge is 0.318 e. The lowest BCUT2D eigenvalue weighted by atomic mass is 10.1. The van der Waals surface area contributed by atoms with E-state index in [0.29, 0.717) is 10.9 Å². The molecule has 2 N–H and O–H groups in total. The molecular weight excluding hydrogens is 328 g/mol. The van der Waals surface area contributed by atoms with Gasteiger partial charge in [0.15, 0.2) is 0 Å². The third-order valence-electron chi connectivity index (χ3n) is 2.63. The Morgan fingerprint density at radius 1 is 1.30 bits per heavy atom. The molecule has 1 heterocycles. The van der Waals surface area contributed by atoms with Gasteiger partial charge >= 0.3 is 5.69 Å². The first-order valence-electron chi connectivity index (χ1n) is 5.93. The second-order valence-corrected chi connectivity index (χ2v) is 5.04. The minimum absolute atomic E-state index is 0.266. The quantitative estimate of drug-likeness (QED) is 0.485. The zero-order valence-corrected chi connectivity index (χ0v) is 12.0. The molecule has 0 aliphatic rings. The number of nitrogens with one attached hydrogen (secondary N) is 1. The van der Waals surface area contributed by atoms with E-state index in [9.17, 15) is 30.1 Å². The van der Waals surface area contributed by atoms with Gasteiger partial charge in [-0.25, -0.2) is 5.43 Å². The van der Waals surface area contributed by atoms with E-state index in [2.05, 4.69) is 10.5 Å². The van der Waals surface area contributed by atoms with Crippen molar-refractivity contribution in [3.05, 3.63) is 60.3 Å². The van der Waals surface area contributed by atoms with Gasteiger partial charge in [-0.05, 0) is 11.4 Å². The Morgan fingerprint density at radius 2 is 2.04 bits per heavy atom. The average molecular weight is 336 g/mol. The highest BCUT2D eigenvalue weighted by Crippen LogP contribution is 2.33. The Balaban J connectivity index is 2.28. The topological polar surface area (TPSA) is 148 Å². The minimum Gasteiger partial charge on any atom is -0.502 e. The SMILES string of the molecule is O=C(N/N=C/c1cc([N+](=O)[O-])cc([N+](=O)[O-])c1O)c1cccs1. The van der Waals surface area contributed by atoms with Crippen molar-refractivity contribution in [3.63, 3.8) is 0 Å². The van der Waals surface area contributed by atoms with Crippen LogP contribution < -0.4 is 5.43 Å². The number of hydrogen-bond acceptors (Lipinski definition) is 8. The number of nitro benzene ring substituents is 2. The summed E-state index contributed by atoms with van der Waals surface area (Å²) < 4.78 is 0. The van der Waals surface area contributed by atoms with E-state index in [0.717, 1.165) is 12.3 Å². The lowest BCUT2D eigenvalue weighted by Gasteiger charge is -2.01. The molecule has 0 bridgehead atoms. The summed E-state index contributed by atoms with van der Waals surface area (Å²) in [6.07, 6.45) is 0.890. The van der Waals surface area contributed by atoms with E-state index < -0.39 is 32.9 Å². The predicted molar refractivity (Wildman–Crippen MR) is 80.8 cm³/mol. The highest BCUT2D eigenvalue weighted by atomic mass is 32.1. The largest absolute Gasteiger partial charge is 0.502 e. The second-order valence-electron chi connectivity index (χ2n) is 4.09. The molecule has 1 aromatic heterocycles. The van der Waals surface area contributed by atoms with Crippen LogP contribution in [-0.2, 0) is 0 Å². The van der Waals surface area contributed by atoms with Crippen LogP contribution >= 0.6 is 11.3 Å². The van der Waals surface area contributed by atoms with Gasteiger partial charge < -0.3 is 5.11 Å². The van der Waals surface area contributed by atoms with Gasteiger partial charge in [-0.2, -0.15) is 5.10 Å². The molecule has 0 fully saturated rings. The van der Waals surface area contributed by atoms with Gasteiger partial charge in [0, 0.05) is 6.07 Å². The fourth-order valence-electron chi connectivity index (χ4n) is 1.59. The molecule has 0 atom stereocenters. The van der Waals surface area contributed by atoms with Crippen molar-refractivity contribution in [1.82, 2.24) is 5.43 Å². The second kappa shape index (κ2) is 6.62. The van der Waals surface area contributed by atoms with E-state index in [-0.39, 0.29) is 5.56 Å². The van der Waals surface area contributed by atoms with Gasteiger partial charge in [-0.15, -0.1) is 11.3 Å². The lowest BCUT2D eigenvalue weighted by Crippen LogP contribution is -2.16. The van der Waals surface area contributed by atoms with Gasteiger partial charge in [0.05, 0.1) is 32.6 Å². The molecule has 0 unspecified atom stereocenters. The molecule has 11 heteroatoms. The van der Waals surface area contributed by atoms with Crippen LogP contribution in [0.1, 0.15) is 15.2 Å². The standard InChI is InChI=1S/C12H8N4O6S/c17-11-7(4-8(15(19)20)5-9(11)16(21)22)6-13-14-12(18)10-2-1-3-23-10/h1-6,17H,(H,14,18)/b13-6+. The van der Waals surface area contributed by atoms with Gasteiger partial charge in [0.2, 0.25) is 5.75 Å². The molecule has 10 nitrogen and oxygen atoms in total. The monoisotopic (exact) mass is 336 g/mol. The number of hydrogen-bond donors (Lipinski definition) is 2. The van der Waals surface area contributed by atoms with Gasteiger partial charge in [-0.3, -0.25) is 25.0 Å². The van der Waals surface area contributed by atoms with Crippen molar-refractivity contribution in [2.24, 2.45) is 5.10 Å². The van der Waals surface area contributed by atoms with E-state index in [1.807, 2.05) is 0 Å². The van der Waals surface area contributed by atoms with Crippen molar-refractivity contribution >= 4 is 34.8 Å². The maximum absolute atomic E-state index is 11.6. The molecule has 0 aliphatic carbocycles. The molecule has 2 rings (SSSR count). The van der Waals surface area contributed by atoms with Gasteiger partial charge in [-0.1, -0.05) is 6.07 Å². The molecule has 0 radical (unpaired) electrons. The highest BCUT2D eigenvalue weighted by molar-refractivity contribution is 7.12. The Hall–Kier alpha value is -3.34. The van der Waals surface area contributed by atoms with Crippen LogP contribution in [0.25, 0.3) is 0 Å². The normalized spacial score (nSPS) is 10.6. The molecule has 23 heavy (non-hydrogen) atoms. The first-order chi connectivity index (χ1) is 10.9. The number of nitro groups is 2. The van der Waals surface area contributed by atoms with Crippen molar-refractivity contribution in [3.8, 4) is 5.75 Å². The van der Waals surface area contributed by atoms with Crippen LogP contribution in [0.15, 0.2) is 34.7 Å². The number of phenols is 1. The minimum atomic E-state index is -0.954. The molecule has 0 spiro atoms. The molecule has 0 saturated heterocycles. The number of carbonyl (C=O) groups excluding carboxylic acids is 1. The summed E-state index contributed by atoms with van der Waals surface area (Å²) in [6, 6.07) is 4.77. The highest BCUT2D eigenvalue weighted by Gasteiger charge is 2.23. The maximum atomic E-state index is 11.6. The third kappa shape index (κ3) is 3.65. The Kier molecular flexibility index (Phi) is 4.61. The van der Waals surface area contributed by atoms with E-state index in [4.69, 9.17) is 0 Å². The molecule has 1 amide bonds. The van der Waals surface area contributed by atoms with Crippen LogP contribution in [0.4, 0.5) is 11.4 Å². The number of phenolic OH excluding ortho intramolecular Hbond substituents is 1.